The first-order valence-corrected chi connectivity index (χ1v) is 22.0. The van der Waals surface area contributed by atoms with Crippen molar-refractivity contribution >= 4 is 22.1 Å². The average Bonchev–Trinajstić information content (AvgIpc) is 3.12. The Hall–Kier alpha value is -1.87. The lowest BCUT2D eigenvalue weighted by Gasteiger charge is -2.40. The lowest BCUT2D eigenvalue weighted by Crippen LogP contribution is -2.60. The maximum atomic E-state index is 12.7. The second-order valence-corrected chi connectivity index (χ2v) is 15.8. The van der Waals surface area contributed by atoms with E-state index in [0.29, 0.717) is 12.8 Å². The summed E-state index contributed by atoms with van der Waals surface area (Å²) in [5, 5.41) is 30.7. The molecule has 0 aliphatic carbocycles. The van der Waals surface area contributed by atoms with Gasteiger partial charge in [0.05, 0.1) is 6.61 Å². The monoisotopic (exact) mass is 776 g/mol. The number of esters is 2. The minimum Gasteiger partial charge on any atom is -0.462 e. The fourth-order valence-corrected chi connectivity index (χ4v) is 6.75. The lowest BCUT2D eigenvalue weighted by molar-refractivity contribution is -0.297. The molecule has 1 rings (SSSR count). The van der Waals surface area contributed by atoms with Crippen LogP contribution in [0.25, 0.3) is 0 Å². The standard InChI is InChI=1S/C40H72O12S/c1-3-5-7-9-11-13-15-16-17-18-19-21-22-24-26-28-35(41)49-30-33(51-36(42)29-27-25-23-20-14-12-10-8-6-4-2)31-50-40-39(45)38(44)37(43)34(52-40)32-53(46,47)48/h16-17,19,21,33-34,37-40,43-45H,3-15,18,20,22-32H2,1-2H3,(H,46,47,48)/b17-16+,21-19+/t33-,34-,37-,38?,39?,40+/m1/s1. The number of rotatable bonds is 33. The third-order valence-electron chi connectivity index (χ3n) is 9.28. The SMILES string of the molecule is CCCCCCCC/C=C/C/C=C/CCCCC(=O)OC[C@H](CO[C@H]1O[C@H](CS(=O)(=O)O)[C@@H](O)C(O)C1O)OC(=O)CCCCCCCCCCCC. The molecular weight excluding hydrogens is 704 g/mol. The predicted molar refractivity (Wildman–Crippen MR) is 206 cm³/mol. The third-order valence-corrected chi connectivity index (χ3v) is 10.0. The van der Waals surface area contributed by atoms with Gasteiger partial charge < -0.3 is 34.3 Å². The van der Waals surface area contributed by atoms with Gasteiger partial charge in [-0.15, -0.1) is 0 Å². The van der Waals surface area contributed by atoms with Crippen LogP contribution in [0.5, 0.6) is 0 Å². The third kappa shape index (κ3) is 26.6. The van der Waals surface area contributed by atoms with Crippen molar-refractivity contribution in [2.45, 2.75) is 198 Å². The first kappa shape index (κ1) is 49.1. The zero-order valence-electron chi connectivity index (χ0n) is 32.6. The van der Waals surface area contributed by atoms with Gasteiger partial charge >= 0.3 is 11.9 Å². The number of allylic oxidation sites excluding steroid dienone is 4. The fourth-order valence-electron chi connectivity index (χ4n) is 6.06. The van der Waals surface area contributed by atoms with Gasteiger partial charge in [-0.2, -0.15) is 8.42 Å². The molecule has 4 N–H and O–H groups in total. The molecule has 0 radical (unpaired) electrons. The highest BCUT2D eigenvalue weighted by Crippen LogP contribution is 2.24. The maximum absolute atomic E-state index is 12.7. The Morgan fingerprint density at radius 3 is 1.70 bits per heavy atom. The van der Waals surface area contributed by atoms with Gasteiger partial charge in [-0.25, -0.2) is 0 Å². The Labute approximate surface area is 319 Å². The van der Waals surface area contributed by atoms with Crippen LogP contribution < -0.4 is 0 Å². The van der Waals surface area contributed by atoms with Crippen LogP contribution >= 0.6 is 0 Å². The Kier molecular flexibility index (Phi) is 29.1. The van der Waals surface area contributed by atoms with Crippen molar-refractivity contribution in [2.75, 3.05) is 19.0 Å². The van der Waals surface area contributed by atoms with Crippen LogP contribution in [0.2, 0.25) is 0 Å². The molecule has 0 aromatic rings. The molecule has 53 heavy (non-hydrogen) atoms. The van der Waals surface area contributed by atoms with Gasteiger partial charge in [-0.1, -0.05) is 128 Å². The highest BCUT2D eigenvalue weighted by Gasteiger charge is 2.46. The van der Waals surface area contributed by atoms with E-state index in [9.17, 15) is 37.9 Å². The molecule has 1 saturated heterocycles. The first-order chi connectivity index (χ1) is 25.5. The van der Waals surface area contributed by atoms with Crippen LogP contribution in [0.3, 0.4) is 0 Å². The summed E-state index contributed by atoms with van der Waals surface area (Å²) in [6.07, 6.45) is 22.4. The summed E-state index contributed by atoms with van der Waals surface area (Å²) in [6.45, 7) is 3.68. The summed E-state index contributed by atoms with van der Waals surface area (Å²) < 4.78 is 53.8. The summed E-state index contributed by atoms with van der Waals surface area (Å²) in [4.78, 5) is 25.2. The predicted octanol–water partition coefficient (Wildman–Crippen LogP) is 7.28. The molecule has 1 aliphatic rings. The molecule has 12 nitrogen and oxygen atoms in total. The highest BCUT2D eigenvalue weighted by molar-refractivity contribution is 7.85. The van der Waals surface area contributed by atoms with E-state index >= 15 is 0 Å². The second kappa shape index (κ2) is 31.3. The molecule has 1 heterocycles. The van der Waals surface area contributed by atoms with E-state index in [1.807, 2.05) is 0 Å². The Balaban J connectivity index is 2.51. The van der Waals surface area contributed by atoms with Crippen LogP contribution in [-0.4, -0.2) is 96.0 Å². The number of hydrogen-bond donors (Lipinski definition) is 4. The smallest absolute Gasteiger partial charge is 0.306 e. The molecule has 0 spiro atoms. The maximum Gasteiger partial charge on any atom is 0.306 e. The van der Waals surface area contributed by atoms with Crippen molar-refractivity contribution in [2.24, 2.45) is 0 Å². The summed E-state index contributed by atoms with van der Waals surface area (Å²) >= 11 is 0. The molecule has 310 valence electrons. The van der Waals surface area contributed by atoms with Gasteiger partial charge in [0.15, 0.2) is 12.4 Å². The Morgan fingerprint density at radius 2 is 1.13 bits per heavy atom. The fraction of sp³-hybridized carbons (Fsp3) is 0.850. The van der Waals surface area contributed by atoms with Crippen molar-refractivity contribution in [3.8, 4) is 0 Å². The first-order valence-electron chi connectivity index (χ1n) is 20.4. The largest absolute Gasteiger partial charge is 0.462 e. The minimum absolute atomic E-state index is 0.160. The number of hydrogen-bond acceptors (Lipinski definition) is 11. The van der Waals surface area contributed by atoms with Crippen LogP contribution in [-0.2, 0) is 38.7 Å². The van der Waals surface area contributed by atoms with E-state index < -0.39 is 71.2 Å². The number of ether oxygens (including phenoxy) is 4. The minimum atomic E-state index is -4.60. The van der Waals surface area contributed by atoms with Crippen LogP contribution in [0.15, 0.2) is 24.3 Å². The summed E-state index contributed by atoms with van der Waals surface area (Å²) in [7, 11) is -4.60. The molecule has 0 saturated carbocycles. The van der Waals surface area contributed by atoms with E-state index in [-0.39, 0.29) is 19.4 Å². The number of aliphatic hydroxyl groups is 3. The van der Waals surface area contributed by atoms with E-state index in [2.05, 4.69) is 38.2 Å². The average molecular weight is 777 g/mol. The second-order valence-electron chi connectivity index (χ2n) is 14.3. The van der Waals surface area contributed by atoms with Crippen molar-refractivity contribution < 1.29 is 56.8 Å². The quantitative estimate of drug-likeness (QED) is 0.0226. The zero-order chi connectivity index (χ0) is 39.2. The molecule has 0 bridgehead atoms. The molecule has 1 aliphatic heterocycles. The van der Waals surface area contributed by atoms with Crippen molar-refractivity contribution in [3.63, 3.8) is 0 Å². The van der Waals surface area contributed by atoms with Gasteiger partial charge in [-0.05, 0) is 44.9 Å². The van der Waals surface area contributed by atoms with Gasteiger partial charge in [0.2, 0.25) is 0 Å². The van der Waals surface area contributed by atoms with Gasteiger partial charge in [-0.3, -0.25) is 14.1 Å². The molecule has 13 heteroatoms. The van der Waals surface area contributed by atoms with E-state index in [1.54, 1.807) is 0 Å². The van der Waals surface area contributed by atoms with Crippen LogP contribution in [0.1, 0.15) is 162 Å². The molecule has 2 unspecified atom stereocenters. The van der Waals surface area contributed by atoms with Crippen molar-refractivity contribution in [3.05, 3.63) is 24.3 Å². The van der Waals surface area contributed by atoms with E-state index in [1.165, 1.54) is 77.0 Å². The molecule has 1 fully saturated rings. The topological polar surface area (TPSA) is 186 Å². The number of aliphatic hydroxyl groups excluding tert-OH is 3. The molecule has 6 atom stereocenters. The zero-order valence-corrected chi connectivity index (χ0v) is 33.4. The normalized spacial score (nSPS) is 21.4. The van der Waals surface area contributed by atoms with E-state index in [0.717, 1.165) is 44.9 Å². The summed E-state index contributed by atoms with van der Waals surface area (Å²) in [5.74, 6) is -2.02. The summed E-state index contributed by atoms with van der Waals surface area (Å²) in [6, 6.07) is 0. The van der Waals surface area contributed by atoms with Crippen molar-refractivity contribution in [1.82, 2.24) is 0 Å². The lowest BCUT2D eigenvalue weighted by atomic mass is 10.00. The number of unbranched alkanes of at least 4 members (excludes halogenated alkanes) is 17. The van der Waals surface area contributed by atoms with Gasteiger partial charge in [0.1, 0.15) is 36.8 Å². The molecular formula is C40H72O12S. The van der Waals surface area contributed by atoms with Gasteiger partial charge in [0, 0.05) is 12.8 Å². The Morgan fingerprint density at radius 1 is 0.642 bits per heavy atom. The van der Waals surface area contributed by atoms with Crippen molar-refractivity contribution in [1.29, 1.82) is 0 Å². The van der Waals surface area contributed by atoms with E-state index in [4.69, 9.17) is 18.9 Å². The molecule has 0 aromatic heterocycles. The molecule has 0 aromatic carbocycles. The Bertz CT molecular complexity index is 1100. The van der Waals surface area contributed by atoms with Crippen LogP contribution in [0, 0.1) is 0 Å². The van der Waals surface area contributed by atoms with Crippen LogP contribution in [0.4, 0.5) is 0 Å². The molecule has 0 amide bonds. The number of carbonyl (C=O) groups is 2. The number of carbonyl (C=O) groups excluding carboxylic acids is 2. The highest BCUT2D eigenvalue weighted by atomic mass is 32.2. The summed E-state index contributed by atoms with van der Waals surface area (Å²) in [5.41, 5.74) is 0. The van der Waals surface area contributed by atoms with Gasteiger partial charge in [0.25, 0.3) is 10.1 Å².